The van der Waals surface area contributed by atoms with E-state index in [0.717, 1.165) is 9.13 Å². The summed E-state index contributed by atoms with van der Waals surface area (Å²) < 4.78 is 20.6. The Balaban J connectivity index is 2.37. The summed E-state index contributed by atoms with van der Waals surface area (Å²) in [4.78, 5) is 36.6. The van der Waals surface area contributed by atoms with E-state index in [9.17, 15) is 18.8 Å². The summed E-state index contributed by atoms with van der Waals surface area (Å²) in [5.41, 5.74) is 4.12. The summed E-state index contributed by atoms with van der Waals surface area (Å²) in [7, 11) is 1.27. The van der Waals surface area contributed by atoms with Crippen LogP contribution in [0.4, 0.5) is 10.2 Å². The second-order valence-electron chi connectivity index (χ2n) is 5.20. The highest BCUT2D eigenvalue weighted by atomic mass is 19.1. The van der Waals surface area contributed by atoms with Crippen molar-refractivity contribution in [2.24, 2.45) is 7.05 Å². The third kappa shape index (κ3) is 3.22. The molecule has 0 saturated heterocycles. The van der Waals surface area contributed by atoms with Crippen molar-refractivity contribution < 1.29 is 13.9 Å². The van der Waals surface area contributed by atoms with Crippen molar-refractivity contribution in [3.8, 4) is 5.75 Å². The summed E-state index contributed by atoms with van der Waals surface area (Å²) in [6.45, 7) is 1.54. The maximum absolute atomic E-state index is 13.5. The molecule has 24 heavy (non-hydrogen) atoms. The van der Waals surface area contributed by atoms with Crippen LogP contribution >= 0.6 is 0 Å². The Kier molecular flexibility index (Phi) is 5.18. The van der Waals surface area contributed by atoms with Gasteiger partial charge in [-0.05, 0) is 18.6 Å². The molecule has 0 atom stereocenters. The maximum Gasteiger partial charge on any atom is 0.332 e. The zero-order valence-corrected chi connectivity index (χ0v) is 13.4. The predicted molar refractivity (Wildman–Crippen MR) is 86.9 cm³/mol. The van der Waals surface area contributed by atoms with Gasteiger partial charge in [0.25, 0.3) is 5.56 Å². The number of ketones is 1. The first-order valence-corrected chi connectivity index (χ1v) is 7.38. The number of Topliss-reactive ketones (excluding diaryl/α,β-unsaturated/α-hetero) is 1. The van der Waals surface area contributed by atoms with Crippen molar-refractivity contribution in [1.29, 1.82) is 0 Å². The fourth-order valence-corrected chi connectivity index (χ4v) is 2.26. The minimum atomic E-state index is -0.799. The maximum atomic E-state index is 13.5. The molecule has 2 rings (SSSR count). The highest BCUT2D eigenvalue weighted by molar-refractivity contribution is 6.00. The van der Waals surface area contributed by atoms with E-state index < -0.39 is 29.5 Å². The van der Waals surface area contributed by atoms with Crippen LogP contribution in [0.1, 0.15) is 23.7 Å². The smallest absolute Gasteiger partial charge is 0.332 e. The topological polar surface area (TPSA) is 96.3 Å². The molecule has 1 heterocycles. The zero-order valence-electron chi connectivity index (χ0n) is 13.4. The molecule has 0 unspecified atom stereocenters. The Bertz CT molecular complexity index is 886. The Hall–Kier alpha value is -2.90. The molecule has 0 aliphatic rings. The summed E-state index contributed by atoms with van der Waals surface area (Å²) in [6.07, 6.45) is 0.599. The number of aromatic nitrogens is 2. The van der Waals surface area contributed by atoms with E-state index in [1.54, 1.807) is 6.07 Å². The summed E-state index contributed by atoms with van der Waals surface area (Å²) in [5.74, 6) is -1.65. The van der Waals surface area contributed by atoms with Crippen LogP contribution in [0, 0.1) is 5.82 Å². The van der Waals surface area contributed by atoms with Gasteiger partial charge < -0.3 is 10.5 Å². The molecular weight excluding hydrogens is 317 g/mol. The Morgan fingerprint density at radius 2 is 1.96 bits per heavy atom. The highest BCUT2D eigenvalue weighted by Crippen LogP contribution is 2.16. The van der Waals surface area contributed by atoms with Crippen molar-refractivity contribution >= 4 is 11.6 Å². The van der Waals surface area contributed by atoms with Crippen LogP contribution in [0.5, 0.6) is 5.75 Å². The molecule has 2 N–H and O–H groups in total. The van der Waals surface area contributed by atoms with Gasteiger partial charge in [-0.15, -0.1) is 0 Å². The summed E-state index contributed by atoms with van der Waals surface area (Å²) >= 11 is 0. The van der Waals surface area contributed by atoms with Gasteiger partial charge in [-0.1, -0.05) is 19.1 Å². The van der Waals surface area contributed by atoms with E-state index >= 15 is 0 Å². The lowest BCUT2D eigenvalue weighted by atomic mass is 10.2. The second-order valence-corrected chi connectivity index (χ2v) is 5.20. The van der Waals surface area contributed by atoms with Gasteiger partial charge in [-0.25, -0.2) is 9.18 Å². The van der Waals surface area contributed by atoms with E-state index in [2.05, 4.69) is 0 Å². The van der Waals surface area contributed by atoms with E-state index in [4.69, 9.17) is 10.5 Å². The number of nitrogens with zero attached hydrogens (tertiary/aromatic N) is 2. The van der Waals surface area contributed by atoms with Crippen LogP contribution in [0.2, 0.25) is 0 Å². The molecule has 7 nitrogen and oxygen atoms in total. The van der Waals surface area contributed by atoms with Gasteiger partial charge in [-0.2, -0.15) is 0 Å². The van der Waals surface area contributed by atoms with E-state index in [0.29, 0.717) is 6.42 Å². The number of anilines is 1. The number of hydrogen-bond acceptors (Lipinski definition) is 5. The molecule has 1 aromatic heterocycles. The first kappa shape index (κ1) is 17.5. The largest absolute Gasteiger partial charge is 0.482 e. The molecule has 8 heteroatoms. The average molecular weight is 335 g/mol. The number of carbonyl (C=O) groups is 1. The second kappa shape index (κ2) is 7.12. The molecular formula is C16H18FN3O4. The number of carbonyl (C=O) groups excluding carboxylic acids is 1. The van der Waals surface area contributed by atoms with Gasteiger partial charge in [0, 0.05) is 13.6 Å². The lowest BCUT2D eigenvalue weighted by molar-refractivity contribution is 0.0916. The predicted octanol–water partition coefficient (Wildman–Crippen LogP) is 0.940. The number of para-hydroxylation sites is 1. The minimum absolute atomic E-state index is 0.108. The zero-order chi connectivity index (χ0) is 17.9. The third-order valence-electron chi connectivity index (χ3n) is 3.50. The standard InChI is InChI=1S/C16H18FN3O4/c1-3-8-20-14(18)13(15(22)19(2)16(20)23)11(21)9-24-12-7-5-4-6-10(12)17/h4-7H,3,8-9,18H2,1-2H3. The lowest BCUT2D eigenvalue weighted by Crippen LogP contribution is -2.43. The van der Waals surface area contributed by atoms with Crippen molar-refractivity contribution in [2.45, 2.75) is 19.9 Å². The van der Waals surface area contributed by atoms with Crippen LogP contribution < -0.4 is 21.7 Å². The number of hydrogen-bond donors (Lipinski definition) is 1. The molecule has 0 bridgehead atoms. The number of nitrogens with two attached hydrogens (primary N) is 1. The molecule has 0 saturated carbocycles. The monoisotopic (exact) mass is 335 g/mol. The van der Waals surface area contributed by atoms with Crippen LogP contribution in [-0.4, -0.2) is 21.5 Å². The van der Waals surface area contributed by atoms with E-state index in [1.807, 2.05) is 6.92 Å². The lowest BCUT2D eigenvalue weighted by Gasteiger charge is -2.14. The minimum Gasteiger partial charge on any atom is -0.482 e. The molecule has 2 aromatic rings. The SMILES string of the molecule is CCCn1c(N)c(C(=O)COc2ccccc2F)c(=O)n(C)c1=O. The molecule has 1 aromatic carbocycles. The normalized spacial score (nSPS) is 10.6. The molecule has 0 fully saturated rings. The van der Waals surface area contributed by atoms with Gasteiger partial charge in [0.2, 0.25) is 5.78 Å². The van der Waals surface area contributed by atoms with Crippen molar-refractivity contribution in [3.63, 3.8) is 0 Å². The molecule has 0 spiro atoms. The van der Waals surface area contributed by atoms with Gasteiger partial charge >= 0.3 is 5.69 Å². The molecule has 0 amide bonds. The van der Waals surface area contributed by atoms with Gasteiger partial charge in [0.1, 0.15) is 11.4 Å². The van der Waals surface area contributed by atoms with Crippen molar-refractivity contribution in [1.82, 2.24) is 9.13 Å². The first-order chi connectivity index (χ1) is 11.4. The van der Waals surface area contributed by atoms with E-state index in [1.165, 1.54) is 25.2 Å². The average Bonchev–Trinajstić information content (AvgIpc) is 2.56. The molecule has 128 valence electrons. The van der Waals surface area contributed by atoms with Gasteiger partial charge in [0.15, 0.2) is 18.2 Å². The van der Waals surface area contributed by atoms with Crippen molar-refractivity contribution in [3.05, 3.63) is 56.5 Å². The first-order valence-electron chi connectivity index (χ1n) is 7.38. The van der Waals surface area contributed by atoms with Gasteiger partial charge in [0.05, 0.1) is 0 Å². The van der Waals surface area contributed by atoms with Crippen LogP contribution in [0.25, 0.3) is 0 Å². The number of nitrogen functional groups attached to an aromatic ring is 1. The fourth-order valence-electron chi connectivity index (χ4n) is 2.26. The molecule has 0 aliphatic carbocycles. The highest BCUT2D eigenvalue weighted by Gasteiger charge is 2.22. The van der Waals surface area contributed by atoms with Crippen LogP contribution in [-0.2, 0) is 13.6 Å². The number of ether oxygens (including phenoxy) is 1. The summed E-state index contributed by atoms with van der Waals surface area (Å²) in [6, 6.07) is 5.59. The Morgan fingerprint density at radius 1 is 1.29 bits per heavy atom. The number of benzene rings is 1. The fraction of sp³-hybridized carbons (Fsp3) is 0.312. The summed E-state index contributed by atoms with van der Waals surface area (Å²) in [5, 5.41) is 0. The third-order valence-corrected chi connectivity index (χ3v) is 3.50. The van der Waals surface area contributed by atoms with Crippen LogP contribution in [0.3, 0.4) is 0 Å². The number of rotatable bonds is 6. The Labute approximate surface area is 137 Å². The van der Waals surface area contributed by atoms with E-state index in [-0.39, 0.29) is 23.7 Å². The number of halogens is 1. The van der Waals surface area contributed by atoms with Crippen molar-refractivity contribution in [2.75, 3.05) is 12.3 Å². The quantitative estimate of drug-likeness (QED) is 0.793. The van der Waals surface area contributed by atoms with Crippen LogP contribution in [0.15, 0.2) is 33.9 Å². The van der Waals surface area contributed by atoms with Gasteiger partial charge in [-0.3, -0.25) is 18.7 Å². The molecule has 0 aliphatic heterocycles. The molecule has 0 radical (unpaired) electrons. The Morgan fingerprint density at radius 3 is 2.58 bits per heavy atom.